The molecule has 2 aromatic heterocycles. The largest absolute Gasteiger partial charge is 0.380 e. The first-order chi connectivity index (χ1) is 8.86. The van der Waals surface area contributed by atoms with Crippen LogP contribution in [0.15, 0.2) is 22.0 Å². The van der Waals surface area contributed by atoms with Crippen LogP contribution in [0.5, 0.6) is 0 Å². The van der Waals surface area contributed by atoms with Crippen LogP contribution in [0, 0.1) is 0 Å². The van der Waals surface area contributed by atoms with Crippen LogP contribution in [0.4, 0.5) is 5.82 Å². The van der Waals surface area contributed by atoms with Gasteiger partial charge in [-0.05, 0) is 24.3 Å². The van der Waals surface area contributed by atoms with Crippen LogP contribution in [-0.4, -0.2) is 5.16 Å². The molecule has 3 rings (SSSR count). The molecular weight excluding hydrogens is 244 g/mol. The average molecular weight is 262 g/mol. The maximum atomic E-state index is 5.98. The van der Waals surface area contributed by atoms with Crippen molar-refractivity contribution in [2.75, 3.05) is 5.73 Å². The molecule has 1 saturated carbocycles. The summed E-state index contributed by atoms with van der Waals surface area (Å²) in [5.41, 5.74) is 7.02. The van der Waals surface area contributed by atoms with Crippen LogP contribution in [0.2, 0.25) is 0 Å². The monoisotopic (exact) mass is 262 g/mol. The van der Waals surface area contributed by atoms with E-state index in [2.05, 4.69) is 16.6 Å². The number of anilines is 1. The van der Waals surface area contributed by atoms with E-state index < -0.39 is 0 Å². The lowest BCUT2D eigenvalue weighted by atomic mass is 9.94. The molecule has 0 atom stereocenters. The highest BCUT2D eigenvalue weighted by atomic mass is 32.1. The molecule has 2 heterocycles. The van der Waals surface area contributed by atoms with Crippen molar-refractivity contribution in [2.45, 2.75) is 44.4 Å². The Bertz CT molecular complexity index is 496. The Morgan fingerprint density at radius 2 is 2.00 bits per heavy atom. The third-order valence-corrected chi connectivity index (χ3v) is 4.63. The van der Waals surface area contributed by atoms with Gasteiger partial charge in [-0.2, -0.15) is 0 Å². The summed E-state index contributed by atoms with van der Waals surface area (Å²) in [6.07, 6.45) is 7.66. The van der Waals surface area contributed by atoms with Crippen molar-refractivity contribution in [3.05, 3.63) is 23.3 Å². The van der Waals surface area contributed by atoms with Gasteiger partial charge in [0.2, 0.25) is 0 Å². The first-order valence-electron chi connectivity index (χ1n) is 6.65. The van der Waals surface area contributed by atoms with Gasteiger partial charge in [0, 0.05) is 10.8 Å². The first-order valence-corrected chi connectivity index (χ1v) is 7.53. The molecule has 0 bridgehead atoms. The minimum absolute atomic E-state index is 0.495. The van der Waals surface area contributed by atoms with E-state index in [0.717, 1.165) is 11.3 Å². The Morgan fingerprint density at radius 1 is 1.22 bits per heavy atom. The van der Waals surface area contributed by atoms with Crippen molar-refractivity contribution >= 4 is 17.2 Å². The maximum Gasteiger partial charge on any atom is 0.175 e. The van der Waals surface area contributed by atoms with E-state index in [1.165, 1.54) is 43.4 Å². The normalized spacial score (nSPS) is 17.8. The third kappa shape index (κ3) is 2.17. The van der Waals surface area contributed by atoms with Gasteiger partial charge in [-0.1, -0.05) is 36.9 Å². The molecule has 0 amide bonds. The van der Waals surface area contributed by atoms with Crippen LogP contribution in [0.1, 0.15) is 50.2 Å². The smallest absolute Gasteiger partial charge is 0.175 e. The second-order valence-corrected chi connectivity index (χ2v) is 5.92. The van der Waals surface area contributed by atoms with Crippen LogP contribution >= 0.6 is 11.3 Å². The van der Waals surface area contributed by atoms with Gasteiger partial charge >= 0.3 is 0 Å². The number of hydrogen-bond acceptors (Lipinski definition) is 4. The zero-order valence-electron chi connectivity index (χ0n) is 10.4. The van der Waals surface area contributed by atoms with Crippen molar-refractivity contribution in [3.63, 3.8) is 0 Å². The molecule has 2 aromatic rings. The topological polar surface area (TPSA) is 52.0 Å². The second kappa shape index (κ2) is 5.14. The van der Waals surface area contributed by atoms with Gasteiger partial charge in [-0.25, -0.2) is 0 Å². The Kier molecular flexibility index (Phi) is 3.37. The minimum atomic E-state index is 0.495. The Balaban J connectivity index is 1.96. The first kappa shape index (κ1) is 11.8. The highest BCUT2D eigenvalue weighted by Crippen LogP contribution is 2.41. The summed E-state index contributed by atoms with van der Waals surface area (Å²) in [6, 6.07) is 4.14. The number of thiophene rings is 1. The number of nitrogens with zero attached hydrogens (tertiary/aromatic N) is 1. The summed E-state index contributed by atoms with van der Waals surface area (Å²) >= 11 is 1.70. The third-order valence-electron chi connectivity index (χ3n) is 3.74. The molecule has 0 radical (unpaired) electrons. The quantitative estimate of drug-likeness (QED) is 0.815. The molecule has 96 valence electrons. The van der Waals surface area contributed by atoms with Gasteiger partial charge in [0.25, 0.3) is 0 Å². The predicted octanol–water partition coefficient (Wildman–Crippen LogP) is 4.42. The summed E-state index contributed by atoms with van der Waals surface area (Å²) in [5.74, 6) is 2.04. The van der Waals surface area contributed by atoms with Crippen molar-refractivity contribution in [3.8, 4) is 10.4 Å². The lowest BCUT2D eigenvalue weighted by molar-refractivity contribution is 0.350. The van der Waals surface area contributed by atoms with Crippen molar-refractivity contribution in [1.82, 2.24) is 5.16 Å². The fraction of sp³-hybridized carbons (Fsp3) is 0.500. The van der Waals surface area contributed by atoms with E-state index >= 15 is 0 Å². The number of nitrogen functional groups attached to an aromatic ring is 1. The standard InChI is InChI=1S/C14H18N2OS/c15-14-12(11-8-5-9-18-11)13(17-16-14)10-6-3-1-2-4-7-10/h5,8-10H,1-4,6-7H2,(H2,15,16). The van der Waals surface area contributed by atoms with Gasteiger partial charge in [-0.3, -0.25) is 0 Å². The maximum absolute atomic E-state index is 5.98. The van der Waals surface area contributed by atoms with E-state index in [0.29, 0.717) is 11.7 Å². The average Bonchev–Trinajstić information content (AvgIpc) is 2.92. The molecule has 0 spiro atoms. The SMILES string of the molecule is Nc1noc(C2CCCCCC2)c1-c1cccs1. The molecule has 1 aliphatic rings. The summed E-state index contributed by atoms with van der Waals surface area (Å²) in [4.78, 5) is 1.17. The van der Waals surface area contributed by atoms with E-state index in [-0.39, 0.29) is 0 Å². The van der Waals surface area contributed by atoms with Gasteiger partial charge < -0.3 is 10.3 Å². The second-order valence-electron chi connectivity index (χ2n) is 4.97. The molecule has 2 N–H and O–H groups in total. The fourth-order valence-corrected chi connectivity index (χ4v) is 3.59. The van der Waals surface area contributed by atoms with Crippen molar-refractivity contribution < 1.29 is 4.52 Å². The van der Waals surface area contributed by atoms with Crippen LogP contribution in [0.3, 0.4) is 0 Å². The Hall–Kier alpha value is -1.29. The lowest BCUT2D eigenvalue weighted by Gasteiger charge is -2.11. The molecular formula is C14H18N2OS. The summed E-state index contributed by atoms with van der Waals surface area (Å²) in [5, 5.41) is 6.06. The molecule has 0 saturated heterocycles. The highest BCUT2D eigenvalue weighted by Gasteiger charge is 2.25. The highest BCUT2D eigenvalue weighted by molar-refractivity contribution is 7.13. The van der Waals surface area contributed by atoms with Gasteiger partial charge in [-0.15, -0.1) is 11.3 Å². The summed E-state index contributed by atoms with van der Waals surface area (Å²) in [7, 11) is 0. The van der Waals surface area contributed by atoms with E-state index in [9.17, 15) is 0 Å². The summed E-state index contributed by atoms with van der Waals surface area (Å²) in [6.45, 7) is 0. The van der Waals surface area contributed by atoms with Crippen molar-refractivity contribution in [2.24, 2.45) is 0 Å². The van der Waals surface area contributed by atoms with E-state index in [1.54, 1.807) is 11.3 Å². The van der Waals surface area contributed by atoms with Crippen LogP contribution < -0.4 is 5.73 Å². The molecule has 4 heteroatoms. The van der Waals surface area contributed by atoms with Gasteiger partial charge in [0.1, 0.15) is 0 Å². The van der Waals surface area contributed by atoms with E-state index in [1.807, 2.05) is 6.07 Å². The molecule has 1 aliphatic carbocycles. The number of aromatic nitrogens is 1. The molecule has 18 heavy (non-hydrogen) atoms. The zero-order valence-corrected chi connectivity index (χ0v) is 11.2. The van der Waals surface area contributed by atoms with Gasteiger partial charge in [0.15, 0.2) is 11.6 Å². The minimum Gasteiger partial charge on any atom is -0.380 e. The Labute approximate surface area is 111 Å². The van der Waals surface area contributed by atoms with Gasteiger partial charge in [0.05, 0.1) is 5.56 Å². The molecule has 0 unspecified atom stereocenters. The number of rotatable bonds is 2. The summed E-state index contributed by atoms with van der Waals surface area (Å²) < 4.78 is 5.55. The zero-order chi connectivity index (χ0) is 12.4. The molecule has 1 fully saturated rings. The van der Waals surface area contributed by atoms with Crippen LogP contribution in [0.25, 0.3) is 10.4 Å². The number of hydrogen-bond donors (Lipinski definition) is 1. The molecule has 0 aromatic carbocycles. The Morgan fingerprint density at radius 3 is 2.67 bits per heavy atom. The lowest BCUT2D eigenvalue weighted by Crippen LogP contribution is -1.98. The predicted molar refractivity (Wildman–Crippen MR) is 74.7 cm³/mol. The fourth-order valence-electron chi connectivity index (χ4n) is 2.80. The van der Waals surface area contributed by atoms with E-state index in [4.69, 9.17) is 10.3 Å². The molecule has 0 aliphatic heterocycles. The number of nitrogens with two attached hydrogens (primary N) is 1. The van der Waals surface area contributed by atoms with Crippen LogP contribution in [-0.2, 0) is 0 Å². The molecule has 3 nitrogen and oxygen atoms in total. The van der Waals surface area contributed by atoms with Crippen molar-refractivity contribution in [1.29, 1.82) is 0 Å².